The zero-order chi connectivity index (χ0) is 22.5. The minimum atomic E-state index is -0.986. The van der Waals surface area contributed by atoms with Crippen LogP contribution >= 0.6 is 0 Å². The first-order valence-corrected chi connectivity index (χ1v) is 10.6. The Morgan fingerprint density at radius 1 is 0.969 bits per heavy atom. The number of aliphatic carboxylic acids is 1. The molecule has 4 aromatic carbocycles. The summed E-state index contributed by atoms with van der Waals surface area (Å²) >= 11 is 0. The first-order chi connectivity index (χ1) is 15.5. The highest BCUT2D eigenvalue weighted by atomic mass is 16.5. The highest BCUT2D eigenvalue weighted by Gasteiger charge is 2.17. The van der Waals surface area contributed by atoms with Crippen LogP contribution in [0.25, 0.3) is 28.0 Å². The van der Waals surface area contributed by atoms with Crippen LogP contribution in [0.15, 0.2) is 84.9 Å². The molecule has 0 fully saturated rings. The molecule has 0 saturated heterocycles. The van der Waals surface area contributed by atoms with Crippen molar-refractivity contribution < 1.29 is 19.7 Å². The topological polar surface area (TPSA) is 66.8 Å². The summed E-state index contributed by atoms with van der Waals surface area (Å²) < 4.78 is 6.46. The van der Waals surface area contributed by atoms with Gasteiger partial charge in [0.05, 0.1) is 0 Å². The van der Waals surface area contributed by atoms with Crippen LogP contribution in [0.5, 0.6) is 17.2 Å². The van der Waals surface area contributed by atoms with Gasteiger partial charge in [0.1, 0.15) is 17.2 Å². The molecule has 0 atom stereocenters. The number of carbonyl (C=O) groups is 1. The van der Waals surface area contributed by atoms with Crippen molar-refractivity contribution in [2.45, 2.75) is 19.8 Å². The van der Waals surface area contributed by atoms with Crippen molar-refractivity contribution in [1.29, 1.82) is 0 Å². The summed E-state index contributed by atoms with van der Waals surface area (Å²) in [6.45, 7) is 2.14. The van der Waals surface area contributed by atoms with Gasteiger partial charge in [-0.15, -0.1) is 0 Å². The van der Waals surface area contributed by atoms with E-state index in [1.165, 1.54) is 0 Å². The number of phenols is 1. The lowest BCUT2D eigenvalue weighted by Crippen LogP contribution is -1.97. The second-order valence-corrected chi connectivity index (χ2v) is 7.60. The maximum atomic E-state index is 10.8. The molecule has 0 bridgehead atoms. The van der Waals surface area contributed by atoms with Crippen molar-refractivity contribution in [3.05, 3.63) is 96.1 Å². The highest BCUT2D eigenvalue weighted by molar-refractivity contribution is 5.97. The smallest absolute Gasteiger partial charge is 0.328 e. The van der Waals surface area contributed by atoms with Gasteiger partial charge in [0.15, 0.2) is 0 Å². The van der Waals surface area contributed by atoms with Crippen molar-refractivity contribution in [1.82, 2.24) is 0 Å². The zero-order valence-electron chi connectivity index (χ0n) is 17.8. The normalized spacial score (nSPS) is 11.2. The van der Waals surface area contributed by atoms with Gasteiger partial charge >= 0.3 is 5.97 Å². The molecule has 0 aliphatic heterocycles. The van der Waals surface area contributed by atoms with Gasteiger partial charge in [-0.1, -0.05) is 61.9 Å². The Balaban J connectivity index is 1.87. The molecule has 0 aliphatic carbocycles. The standard InChI is InChI=1S/C28H24O4/c1-2-6-21-17-22-18-23(29)12-15-25(22)28(27(21)20-7-4-3-5-8-20)32-24-13-9-19(10-14-24)11-16-26(30)31/h3-5,7-18,29H,2,6H2,1H3,(H,30,31). The molecule has 0 amide bonds. The van der Waals surface area contributed by atoms with E-state index in [-0.39, 0.29) is 5.75 Å². The number of carboxylic acids is 1. The van der Waals surface area contributed by atoms with Crippen molar-refractivity contribution in [3.63, 3.8) is 0 Å². The Hall–Kier alpha value is -4.05. The fourth-order valence-electron chi connectivity index (χ4n) is 3.84. The van der Waals surface area contributed by atoms with Gasteiger partial charge in [-0.25, -0.2) is 4.79 Å². The van der Waals surface area contributed by atoms with E-state index in [4.69, 9.17) is 9.84 Å². The summed E-state index contributed by atoms with van der Waals surface area (Å²) in [5.41, 5.74) is 4.05. The third-order valence-corrected chi connectivity index (χ3v) is 5.26. The second-order valence-electron chi connectivity index (χ2n) is 7.60. The van der Waals surface area contributed by atoms with E-state index in [9.17, 15) is 9.90 Å². The highest BCUT2D eigenvalue weighted by Crippen LogP contribution is 2.43. The van der Waals surface area contributed by atoms with Gasteiger partial charge < -0.3 is 14.9 Å². The van der Waals surface area contributed by atoms with Crippen LogP contribution < -0.4 is 4.74 Å². The van der Waals surface area contributed by atoms with E-state index >= 15 is 0 Å². The average molecular weight is 424 g/mol. The molecule has 32 heavy (non-hydrogen) atoms. The number of benzene rings is 4. The van der Waals surface area contributed by atoms with E-state index in [2.05, 4.69) is 25.1 Å². The summed E-state index contributed by atoms with van der Waals surface area (Å²) in [7, 11) is 0. The van der Waals surface area contributed by atoms with Crippen LogP contribution in [-0.4, -0.2) is 16.2 Å². The first kappa shape index (κ1) is 21.2. The van der Waals surface area contributed by atoms with Gasteiger partial charge in [0.25, 0.3) is 0 Å². The number of aromatic hydroxyl groups is 1. The minimum Gasteiger partial charge on any atom is -0.508 e. The molecule has 4 nitrogen and oxygen atoms in total. The SMILES string of the molecule is CCCc1cc2cc(O)ccc2c(Oc2ccc(C=CC(=O)O)cc2)c1-c1ccccc1. The van der Waals surface area contributed by atoms with Crippen LogP contribution in [0, 0.1) is 0 Å². The Morgan fingerprint density at radius 3 is 2.41 bits per heavy atom. The number of phenolic OH excluding ortho intramolecular Hbond substituents is 1. The molecule has 160 valence electrons. The Labute approximate surface area is 187 Å². The van der Waals surface area contributed by atoms with Crippen molar-refractivity contribution in [3.8, 4) is 28.4 Å². The van der Waals surface area contributed by atoms with E-state index in [1.807, 2.05) is 48.5 Å². The van der Waals surface area contributed by atoms with Crippen LogP contribution in [0.3, 0.4) is 0 Å². The molecule has 0 unspecified atom stereocenters. The molecule has 0 aliphatic rings. The molecule has 4 rings (SSSR count). The summed E-state index contributed by atoms with van der Waals surface area (Å²) in [6, 6.07) is 24.9. The number of fused-ring (bicyclic) bond motifs is 1. The van der Waals surface area contributed by atoms with Crippen molar-refractivity contribution >= 4 is 22.8 Å². The van der Waals surface area contributed by atoms with Crippen molar-refractivity contribution in [2.75, 3.05) is 0 Å². The predicted octanol–water partition coefficient (Wildman–Crippen LogP) is 7.06. The lowest BCUT2D eigenvalue weighted by Gasteiger charge is -2.19. The fourth-order valence-corrected chi connectivity index (χ4v) is 3.84. The molecular weight excluding hydrogens is 400 g/mol. The molecule has 0 radical (unpaired) electrons. The molecule has 2 N–H and O–H groups in total. The lowest BCUT2D eigenvalue weighted by molar-refractivity contribution is -0.131. The molecule has 0 aromatic heterocycles. The minimum absolute atomic E-state index is 0.216. The van der Waals surface area contributed by atoms with E-state index in [0.717, 1.165) is 57.7 Å². The van der Waals surface area contributed by atoms with Crippen LogP contribution in [-0.2, 0) is 11.2 Å². The molecule has 4 heteroatoms. The van der Waals surface area contributed by atoms with E-state index in [0.29, 0.717) is 5.75 Å². The number of ether oxygens (including phenoxy) is 1. The zero-order valence-corrected chi connectivity index (χ0v) is 17.8. The van der Waals surface area contributed by atoms with Gasteiger partial charge in [-0.3, -0.25) is 0 Å². The van der Waals surface area contributed by atoms with Crippen LogP contribution in [0.1, 0.15) is 24.5 Å². The molecular formula is C28H24O4. The maximum Gasteiger partial charge on any atom is 0.328 e. The average Bonchev–Trinajstić information content (AvgIpc) is 2.79. The first-order valence-electron chi connectivity index (χ1n) is 10.6. The quantitative estimate of drug-likeness (QED) is 0.312. The third-order valence-electron chi connectivity index (χ3n) is 5.26. The molecule has 0 heterocycles. The summed E-state index contributed by atoms with van der Waals surface area (Å²) in [5, 5.41) is 20.7. The summed E-state index contributed by atoms with van der Waals surface area (Å²) in [5.74, 6) is 0.622. The molecule has 0 spiro atoms. The Morgan fingerprint density at radius 2 is 1.72 bits per heavy atom. The number of hydrogen-bond donors (Lipinski definition) is 2. The maximum absolute atomic E-state index is 10.8. The number of carboxylic acid groups (broad SMARTS) is 1. The monoisotopic (exact) mass is 424 g/mol. The molecule has 4 aromatic rings. The predicted molar refractivity (Wildman–Crippen MR) is 128 cm³/mol. The Bertz CT molecular complexity index is 1270. The number of rotatable bonds is 7. The third kappa shape index (κ3) is 4.65. The van der Waals surface area contributed by atoms with Crippen LogP contribution in [0.2, 0.25) is 0 Å². The lowest BCUT2D eigenvalue weighted by atomic mass is 9.92. The largest absolute Gasteiger partial charge is 0.508 e. The van der Waals surface area contributed by atoms with Crippen molar-refractivity contribution in [2.24, 2.45) is 0 Å². The summed E-state index contributed by atoms with van der Waals surface area (Å²) in [4.78, 5) is 10.8. The van der Waals surface area contributed by atoms with Gasteiger partial charge in [-0.05, 0) is 64.9 Å². The van der Waals surface area contributed by atoms with Gasteiger partial charge in [0, 0.05) is 17.0 Å². The number of aryl methyl sites for hydroxylation is 1. The molecule has 0 saturated carbocycles. The van der Waals surface area contributed by atoms with Gasteiger partial charge in [-0.2, -0.15) is 0 Å². The van der Waals surface area contributed by atoms with E-state index in [1.54, 1.807) is 18.2 Å². The van der Waals surface area contributed by atoms with E-state index < -0.39 is 5.97 Å². The second kappa shape index (κ2) is 9.40. The summed E-state index contributed by atoms with van der Waals surface area (Å²) in [6.07, 6.45) is 4.51. The van der Waals surface area contributed by atoms with Crippen LogP contribution in [0.4, 0.5) is 0 Å². The number of hydrogen-bond acceptors (Lipinski definition) is 3. The van der Waals surface area contributed by atoms with Gasteiger partial charge in [0.2, 0.25) is 0 Å². The Kier molecular flexibility index (Phi) is 6.22. The fraction of sp³-hybridized carbons (Fsp3) is 0.107.